The molecule has 0 aliphatic heterocycles. The van der Waals surface area contributed by atoms with Gasteiger partial charge in [-0.15, -0.1) is 0 Å². The molecule has 7 heteroatoms. The first-order chi connectivity index (χ1) is 13.4. The number of aryl methyl sites for hydroxylation is 1. The number of carbonyl (C=O) groups is 1. The van der Waals surface area contributed by atoms with Crippen LogP contribution in [0.5, 0.6) is 5.75 Å². The Morgan fingerprint density at radius 1 is 1.14 bits per heavy atom. The molecule has 1 aromatic heterocycles. The lowest BCUT2D eigenvalue weighted by molar-refractivity contribution is -0.384. The number of carboxylic acid groups (broad SMARTS) is 1. The third-order valence-corrected chi connectivity index (χ3v) is 4.95. The summed E-state index contributed by atoms with van der Waals surface area (Å²) in [5, 5.41) is 22.2. The van der Waals surface area contributed by atoms with Crippen molar-refractivity contribution >= 4 is 33.5 Å². The van der Waals surface area contributed by atoms with Crippen LogP contribution in [0.3, 0.4) is 0 Å². The van der Waals surface area contributed by atoms with Gasteiger partial charge in [0.15, 0.2) is 5.75 Å². The molecule has 0 aliphatic rings. The Hall–Kier alpha value is -3.87. The summed E-state index contributed by atoms with van der Waals surface area (Å²) < 4.78 is 7.60. The average molecular weight is 376 g/mol. The lowest BCUT2D eigenvalue weighted by Crippen LogP contribution is -2.01. The molecule has 140 valence electrons. The van der Waals surface area contributed by atoms with Gasteiger partial charge < -0.3 is 14.4 Å². The molecule has 1 heterocycles. The van der Waals surface area contributed by atoms with Gasteiger partial charge in [0.2, 0.25) is 0 Å². The summed E-state index contributed by atoms with van der Waals surface area (Å²) in [7, 11) is 3.39. The molecule has 3 aromatic carbocycles. The number of methoxy groups -OCH3 is 1. The van der Waals surface area contributed by atoms with Crippen molar-refractivity contribution in [1.29, 1.82) is 0 Å². The number of hydrogen-bond donors (Lipinski definition) is 1. The molecule has 0 aliphatic carbocycles. The Bertz CT molecular complexity index is 1260. The summed E-state index contributed by atoms with van der Waals surface area (Å²) in [5.41, 5.74) is 2.87. The number of hydrogen-bond acceptors (Lipinski definition) is 4. The maximum absolute atomic E-state index is 12.1. The molecule has 1 N–H and O–H groups in total. The summed E-state index contributed by atoms with van der Waals surface area (Å²) in [6, 6.07) is 15.1. The van der Waals surface area contributed by atoms with Gasteiger partial charge in [-0.25, -0.2) is 4.79 Å². The van der Waals surface area contributed by atoms with E-state index in [4.69, 9.17) is 4.74 Å². The smallest absolute Gasteiger partial charge is 0.336 e. The molecule has 0 atom stereocenters. The molecular weight excluding hydrogens is 360 g/mol. The van der Waals surface area contributed by atoms with Crippen LogP contribution in [-0.2, 0) is 7.05 Å². The summed E-state index contributed by atoms with van der Waals surface area (Å²) in [6.45, 7) is 0. The zero-order valence-electron chi connectivity index (χ0n) is 15.2. The van der Waals surface area contributed by atoms with Crippen molar-refractivity contribution in [2.45, 2.75) is 0 Å². The number of fused-ring (bicyclic) bond motifs is 3. The second kappa shape index (κ2) is 6.38. The van der Waals surface area contributed by atoms with Gasteiger partial charge >= 0.3 is 5.97 Å². The van der Waals surface area contributed by atoms with E-state index in [-0.39, 0.29) is 11.3 Å². The second-order valence-corrected chi connectivity index (χ2v) is 6.41. The Balaban J connectivity index is 2.13. The van der Waals surface area contributed by atoms with Crippen LogP contribution in [-0.4, -0.2) is 27.7 Å². The summed E-state index contributed by atoms with van der Waals surface area (Å²) >= 11 is 0. The van der Waals surface area contributed by atoms with Crippen molar-refractivity contribution in [3.63, 3.8) is 0 Å². The van der Waals surface area contributed by atoms with E-state index in [0.717, 1.165) is 10.9 Å². The van der Waals surface area contributed by atoms with Crippen LogP contribution in [0.2, 0.25) is 0 Å². The average Bonchev–Trinajstić information content (AvgIpc) is 3.00. The third-order valence-electron chi connectivity index (χ3n) is 4.95. The lowest BCUT2D eigenvalue weighted by atomic mass is 9.97. The van der Waals surface area contributed by atoms with E-state index >= 15 is 0 Å². The quantitative estimate of drug-likeness (QED) is 0.414. The van der Waals surface area contributed by atoms with Gasteiger partial charge in [0.25, 0.3) is 5.69 Å². The number of non-ortho nitro benzene ring substituents is 1. The Kier molecular flexibility index (Phi) is 4.00. The fourth-order valence-corrected chi connectivity index (χ4v) is 3.69. The second-order valence-electron chi connectivity index (χ2n) is 6.41. The van der Waals surface area contributed by atoms with Gasteiger partial charge in [-0.05, 0) is 29.8 Å². The predicted octanol–water partition coefficient (Wildman–Crippen LogP) is 4.61. The molecule has 0 spiro atoms. The molecule has 0 fully saturated rings. The maximum Gasteiger partial charge on any atom is 0.336 e. The van der Waals surface area contributed by atoms with Gasteiger partial charge in [0, 0.05) is 41.0 Å². The van der Waals surface area contributed by atoms with Crippen LogP contribution in [0.4, 0.5) is 5.69 Å². The van der Waals surface area contributed by atoms with E-state index in [1.807, 2.05) is 35.9 Å². The molecule has 28 heavy (non-hydrogen) atoms. The monoisotopic (exact) mass is 376 g/mol. The minimum Gasteiger partial charge on any atom is -0.494 e. The van der Waals surface area contributed by atoms with Crippen molar-refractivity contribution in [3.05, 3.63) is 70.3 Å². The van der Waals surface area contributed by atoms with Crippen LogP contribution in [0.1, 0.15) is 10.4 Å². The normalized spacial score (nSPS) is 11.1. The Morgan fingerprint density at radius 2 is 1.82 bits per heavy atom. The van der Waals surface area contributed by atoms with Crippen LogP contribution >= 0.6 is 0 Å². The summed E-state index contributed by atoms with van der Waals surface area (Å²) in [6.07, 6.45) is 0. The van der Waals surface area contributed by atoms with Crippen molar-refractivity contribution in [3.8, 4) is 16.9 Å². The van der Waals surface area contributed by atoms with Crippen molar-refractivity contribution in [2.24, 2.45) is 7.05 Å². The zero-order chi connectivity index (χ0) is 20.0. The number of aromatic carboxylic acids is 1. The Morgan fingerprint density at radius 3 is 2.43 bits per heavy atom. The van der Waals surface area contributed by atoms with E-state index in [0.29, 0.717) is 27.8 Å². The topological polar surface area (TPSA) is 94.6 Å². The van der Waals surface area contributed by atoms with Crippen LogP contribution in [0.15, 0.2) is 54.6 Å². The maximum atomic E-state index is 12.1. The van der Waals surface area contributed by atoms with E-state index in [9.17, 15) is 20.0 Å². The van der Waals surface area contributed by atoms with Gasteiger partial charge in [-0.3, -0.25) is 10.1 Å². The fraction of sp³-hybridized carbons (Fsp3) is 0.0952. The van der Waals surface area contributed by atoms with E-state index in [1.165, 1.54) is 19.2 Å². The first-order valence-corrected chi connectivity index (χ1v) is 8.50. The largest absolute Gasteiger partial charge is 0.494 e. The van der Waals surface area contributed by atoms with E-state index < -0.39 is 10.9 Å². The van der Waals surface area contributed by atoms with Crippen molar-refractivity contribution in [2.75, 3.05) is 7.11 Å². The number of para-hydroxylation sites is 1. The van der Waals surface area contributed by atoms with Crippen molar-refractivity contribution in [1.82, 2.24) is 4.57 Å². The van der Waals surface area contributed by atoms with Crippen molar-refractivity contribution < 1.29 is 19.6 Å². The van der Waals surface area contributed by atoms with Gasteiger partial charge in [-0.2, -0.15) is 0 Å². The van der Waals surface area contributed by atoms with Gasteiger partial charge in [-0.1, -0.05) is 18.2 Å². The number of nitro groups is 1. The Labute approximate surface area is 159 Å². The molecule has 0 radical (unpaired) electrons. The van der Waals surface area contributed by atoms with Gasteiger partial charge in [0.1, 0.15) is 0 Å². The van der Waals surface area contributed by atoms with Crippen LogP contribution < -0.4 is 4.74 Å². The SMILES string of the molecule is COc1c(-c2ccc([N+](=O)[O-])cc2)cc(C(=O)O)c2c3ccccc3n(C)c12. The molecule has 0 amide bonds. The van der Waals surface area contributed by atoms with E-state index in [2.05, 4.69) is 0 Å². The highest BCUT2D eigenvalue weighted by atomic mass is 16.6. The molecule has 0 unspecified atom stereocenters. The minimum absolute atomic E-state index is 0.0353. The molecule has 4 aromatic rings. The van der Waals surface area contributed by atoms with E-state index in [1.54, 1.807) is 18.2 Å². The standard InChI is InChI=1S/C21H16N2O5/c1-22-17-6-4-3-5-14(17)18-16(21(24)25)11-15(20(28-2)19(18)22)12-7-9-13(10-8-12)23(26)27/h3-11H,1-2H3,(H,24,25). The highest BCUT2D eigenvalue weighted by Gasteiger charge is 2.23. The van der Waals surface area contributed by atoms with Crippen LogP contribution in [0.25, 0.3) is 32.9 Å². The molecule has 7 nitrogen and oxygen atoms in total. The predicted molar refractivity (Wildman–Crippen MR) is 106 cm³/mol. The first-order valence-electron chi connectivity index (χ1n) is 8.50. The molecule has 0 saturated heterocycles. The fourth-order valence-electron chi connectivity index (χ4n) is 3.69. The number of benzene rings is 3. The highest BCUT2D eigenvalue weighted by Crippen LogP contribution is 2.43. The molecular formula is C21H16N2O5. The zero-order valence-corrected chi connectivity index (χ0v) is 15.2. The lowest BCUT2D eigenvalue weighted by Gasteiger charge is -2.14. The third kappa shape index (κ3) is 2.48. The minimum atomic E-state index is -1.05. The van der Waals surface area contributed by atoms with Gasteiger partial charge in [0.05, 0.1) is 23.1 Å². The van der Waals surface area contributed by atoms with Crippen LogP contribution in [0, 0.1) is 10.1 Å². The molecule has 0 bridgehead atoms. The number of ether oxygens (including phenoxy) is 1. The molecule has 4 rings (SSSR count). The first kappa shape index (κ1) is 17.5. The number of nitrogens with zero attached hydrogens (tertiary/aromatic N) is 2. The summed E-state index contributed by atoms with van der Waals surface area (Å²) in [4.78, 5) is 22.5. The number of carboxylic acids is 1. The molecule has 0 saturated carbocycles. The highest BCUT2D eigenvalue weighted by molar-refractivity contribution is 6.19. The number of rotatable bonds is 4. The number of nitro benzene ring substituents is 1. The summed E-state index contributed by atoms with van der Waals surface area (Å²) in [5.74, 6) is -0.528. The number of aromatic nitrogens is 1.